The Labute approximate surface area is 172 Å². The van der Waals surface area contributed by atoms with Gasteiger partial charge in [-0.05, 0) is 26.0 Å². The maximum atomic E-state index is 10.6. The third-order valence-electron chi connectivity index (χ3n) is 3.10. The lowest BCUT2D eigenvalue weighted by Crippen LogP contribution is -1.88. The van der Waals surface area contributed by atoms with Crippen LogP contribution in [0.15, 0.2) is 91.0 Å². The Balaban J connectivity index is 0. The molecule has 3 aromatic rings. The van der Waals surface area contributed by atoms with Crippen LogP contribution in [0.25, 0.3) is 0 Å². The molecule has 28 heavy (non-hydrogen) atoms. The van der Waals surface area contributed by atoms with E-state index in [9.17, 15) is 4.79 Å². The second-order valence-corrected chi connectivity index (χ2v) is 5.09. The molecule has 3 aromatic carbocycles. The van der Waals surface area contributed by atoms with Crippen molar-refractivity contribution in [3.05, 3.63) is 102 Å². The molecule has 0 spiro atoms. The van der Waals surface area contributed by atoms with Crippen LogP contribution in [0.2, 0.25) is 0 Å². The second-order valence-electron chi connectivity index (χ2n) is 5.09. The first-order valence-electron chi connectivity index (χ1n) is 9.80. The number of rotatable bonds is 2. The highest BCUT2D eigenvalue weighted by molar-refractivity contribution is 5.93. The normalized spacial score (nSPS) is 7.96. The summed E-state index contributed by atoms with van der Waals surface area (Å²) in [5.41, 5.74) is 2.10. The van der Waals surface area contributed by atoms with Crippen LogP contribution in [0.5, 0.6) is 5.75 Å². The molecule has 152 valence electrons. The van der Waals surface area contributed by atoms with Crippen molar-refractivity contribution >= 4 is 5.78 Å². The topological polar surface area (TPSA) is 26.3 Å². The van der Waals surface area contributed by atoms with Gasteiger partial charge in [-0.15, -0.1) is 0 Å². The minimum absolute atomic E-state index is 0.121. The van der Waals surface area contributed by atoms with Gasteiger partial charge in [0.25, 0.3) is 0 Å². The summed E-state index contributed by atoms with van der Waals surface area (Å²) in [6, 6.07) is 29.2. The van der Waals surface area contributed by atoms with E-state index in [1.54, 1.807) is 14.0 Å². The van der Waals surface area contributed by atoms with Gasteiger partial charge in [0, 0.05) is 5.56 Å². The fraction of sp³-hybridized carbons (Fsp3) is 0.269. The van der Waals surface area contributed by atoms with Gasteiger partial charge in [0.1, 0.15) is 5.75 Å². The molecule has 0 heterocycles. The standard InChI is InChI=1S/C8H8O.C7H8O.C7H8.2C2H6/c1-7(9)8-5-3-2-4-6-8;1-8-7-5-3-2-4-6-7;1-7-5-3-2-4-6-7;2*1-2/h2-6H,1H3;2-6H,1H3;2-6H,1H3;2*1-2H3. The van der Waals surface area contributed by atoms with Gasteiger partial charge in [-0.2, -0.15) is 0 Å². The highest BCUT2D eigenvalue weighted by atomic mass is 16.5. The third kappa shape index (κ3) is 15.4. The fourth-order valence-corrected chi connectivity index (χ4v) is 1.76. The van der Waals surface area contributed by atoms with Crippen LogP contribution in [-0.4, -0.2) is 12.9 Å². The summed E-state index contributed by atoms with van der Waals surface area (Å²) in [5, 5.41) is 0. The van der Waals surface area contributed by atoms with Crippen molar-refractivity contribution in [2.45, 2.75) is 41.5 Å². The number of hydrogen-bond acceptors (Lipinski definition) is 2. The minimum Gasteiger partial charge on any atom is -0.497 e. The van der Waals surface area contributed by atoms with Gasteiger partial charge in [-0.25, -0.2) is 0 Å². The number of Topliss-reactive ketones (excluding diaryl/α,β-unsaturated/α-hetero) is 1. The number of para-hydroxylation sites is 1. The molecule has 2 nitrogen and oxygen atoms in total. The largest absolute Gasteiger partial charge is 0.497 e. The first kappa shape index (κ1) is 27.3. The molecule has 0 bridgehead atoms. The summed E-state index contributed by atoms with van der Waals surface area (Å²) in [6.45, 7) is 11.6. The Morgan fingerprint density at radius 1 is 0.643 bits per heavy atom. The molecular weight excluding hydrogens is 344 g/mol. The number of ether oxygens (including phenoxy) is 1. The Morgan fingerprint density at radius 2 is 1.00 bits per heavy atom. The van der Waals surface area contributed by atoms with Crippen LogP contribution < -0.4 is 4.74 Å². The van der Waals surface area contributed by atoms with Crippen LogP contribution in [0.3, 0.4) is 0 Å². The Bertz CT molecular complexity index is 677. The van der Waals surface area contributed by atoms with Crippen LogP contribution in [0, 0.1) is 6.92 Å². The van der Waals surface area contributed by atoms with Crippen LogP contribution in [-0.2, 0) is 0 Å². The van der Waals surface area contributed by atoms with Crippen LogP contribution >= 0.6 is 0 Å². The third-order valence-corrected chi connectivity index (χ3v) is 3.10. The van der Waals surface area contributed by atoms with Crippen molar-refractivity contribution in [2.75, 3.05) is 7.11 Å². The van der Waals surface area contributed by atoms with E-state index in [0.717, 1.165) is 11.3 Å². The molecule has 0 saturated carbocycles. The van der Waals surface area contributed by atoms with Gasteiger partial charge in [0.05, 0.1) is 7.11 Å². The lowest BCUT2D eigenvalue weighted by atomic mass is 10.2. The predicted octanol–water partition coefficient (Wildman–Crippen LogP) is 7.63. The van der Waals surface area contributed by atoms with E-state index in [4.69, 9.17) is 4.74 Å². The average molecular weight is 381 g/mol. The SMILES string of the molecule is CC.CC.CC(=O)c1ccccc1.COc1ccccc1.Cc1ccccc1. The molecule has 3 rings (SSSR count). The van der Waals surface area contributed by atoms with E-state index >= 15 is 0 Å². The lowest BCUT2D eigenvalue weighted by molar-refractivity contribution is 0.101. The molecule has 0 N–H and O–H groups in total. The van der Waals surface area contributed by atoms with Crippen molar-refractivity contribution in [1.29, 1.82) is 0 Å². The second kappa shape index (κ2) is 20.4. The summed E-state index contributed by atoms with van der Waals surface area (Å²) in [4.78, 5) is 10.6. The first-order chi connectivity index (χ1) is 13.6. The highest BCUT2D eigenvalue weighted by Gasteiger charge is 1.92. The van der Waals surface area contributed by atoms with Crippen LogP contribution in [0.1, 0.15) is 50.5 Å². The molecule has 0 saturated heterocycles. The molecule has 2 heteroatoms. The molecule has 0 aliphatic rings. The van der Waals surface area contributed by atoms with Crippen molar-refractivity contribution < 1.29 is 9.53 Å². The summed E-state index contributed by atoms with van der Waals surface area (Å²) in [6.07, 6.45) is 0. The van der Waals surface area contributed by atoms with E-state index in [2.05, 4.69) is 19.1 Å². The Morgan fingerprint density at radius 3 is 1.21 bits per heavy atom. The summed E-state index contributed by atoms with van der Waals surface area (Å²) in [5.74, 6) is 1.03. The molecule has 0 unspecified atom stereocenters. The van der Waals surface area contributed by atoms with Gasteiger partial charge in [-0.1, -0.05) is 112 Å². The number of carbonyl (C=O) groups excluding carboxylic acids is 1. The first-order valence-corrected chi connectivity index (χ1v) is 9.80. The van der Waals surface area contributed by atoms with E-state index in [0.29, 0.717) is 0 Å². The summed E-state index contributed by atoms with van der Waals surface area (Å²) in [7, 11) is 1.66. The highest BCUT2D eigenvalue weighted by Crippen LogP contribution is 2.05. The zero-order valence-electron chi connectivity index (χ0n) is 18.5. The Kier molecular flexibility index (Phi) is 20.0. The van der Waals surface area contributed by atoms with E-state index in [1.165, 1.54) is 5.56 Å². The lowest BCUT2D eigenvalue weighted by Gasteiger charge is -1.93. The number of hydrogen-bond donors (Lipinski definition) is 0. The maximum Gasteiger partial charge on any atom is 0.159 e. The molecule has 0 radical (unpaired) electrons. The predicted molar refractivity (Wildman–Crippen MR) is 123 cm³/mol. The quantitative estimate of drug-likeness (QED) is 0.427. The van der Waals surface area contributed by atoms with E-state index < -0.39 is 0 Å². The van der Waals surface area contributed by atoms with Crippen LogP contribution in [0.4, 0.5) is 0 Å². The van der Waals surface area contributed by atoms with Crippen molar-refractivity contribution in [2.24, 2.45) is 0 Å². The molecule has 0 aliphatic carbocycles. The maximum absolute atomic E-state index is 10.6. The molecule has 0 amide bonds. The summed E-state index contributed by atoms with van der Waals surface area (Å²) >= 11 is 0. The molecule has 0 aromatic heterocycles. The molecule has 0 fully saturated rings. The number of aryl methyl sites for hydroxylation is 1. The van der Waals surface area contributed by atoms with Gasteiger partial charge in [-0.3, -0.25) is 4.79 Å². The zero-order valence-corrected chi connectivity index (χ0v) is 18.5. The minimum atomic E-state index is 0.121. The molecular formula is C26H36O2. The van der Waals surface area contributed by atoms with Gasteiger partial charge in [0.2, 0.25) is 0 Å². The summed E-state index contributed by atoms with van der Waals surface area (Å²) < 4.78 is 4.91. The zero-order chi connectivity index (χ0) is 21.6. The monoisotopic (exact) mass is 380 g/mol. The average Bonchev–Trinajstić information content (AvgIpc) is 2.79. The van der Waals surface area contributed by atoms with Crippen molar-refractivity contribution in [3.8, 4) is 5.75 Å². The van der Waals surface area contributed by atoms with Gasteiger partial charge >= 0.3 is 0 Å². The molecule has 0 aliphatic heterocycles. The van der Waals surface area contributed by atoms with E-state index in [-0.39, 0.29) is 5.78 Å². The Hall–Kier alpha value is -2.87. The van der Waals surface area contributed by atoms with Gasteiger partial charge < -0.3 is 4.74 Å². The smallest absolute Gasteiger partial charge is 0.159 e. The number of methoxy groups -OCH3 is 1. The number of carbonyl (C=O) groups is 1. The van der Waals surface area contributed by atoms with E-state index in [1.807, 2.05) is 107 Å². The van der Waals surface area contributed by atoms with Crippen molar-refractivity contribution in [1.82, 2.24) is 0 Å². The number of ketones is 1. The fourth-order valence-electron chi connectivity index (χ4n) is 1.76. The van der Waals surface area contributed by atoms with Gasteiger partial charge in [0.15, 0.2) is 5.78 Å². The van der Waals surface area contributed by atoms with Crippen molar-refractivity contribution in [3.63, 3.8) is 0 Å². The number of benzene rings is 3. The molecule has 0 atom stereocenters.